The van der Waals surface area contributed by atoms with Crippen LogP contribution in [0, 0.1) is 0 Å². The van der Waals surface area contributed by atoms with Gasteiger partial charge in [0.15, 0.2) is 23.0 Å². The highest BCUT2D eigenvalue weighted by molar-refractivity contribution is 9.10. The minimum absolute atomic E-state index is 0.148. The van der Waals surface area contributed by atoms with Gasteiger partial charge in [-0.05, 0) is 41.0 Å². The molecule has 1 unspecified atom stereocenters. The highest BCUT2D eigenvalue weighted by Crippen LogP contribution is 2.40. The summed E-state index contributed by atoms with van der Waals surface area (Å²) in [6.07, 6.45) is 3.87. The van der Waals surface area contributed by atoms with Gasteiger partial charge in [-0.2, -0.15) is 0 Å². The molecule has 0 radical (unpaired) electrons. The van der Waals surface area contributed by atoms with Gasteiger partial charge in [0.25, 0.3) is 0 Å². The quantitative estimate of drug-likeness (QED) is 0.673. The molecule has 0 aromatic heterocycles. The monoisotopic (exact) mass is 420 g/mol. The van der Waals surface area contributed by atoms with Crippen LogP contribution in [0.3, 0.4) is 0 Å². The molecule has 0 aliphatic carbocycles. The van der Waals surface area contributed by atoms with Crippen LogP contribution in [-0.4, -0.2) is 28.4 Å². The van der Waals surface area contributed by atoms with Crippen LogP contribution < -0.4 is 18.9 Å². The van der Waals surface area contributed by atoms with E-state index >= 15 is 0 Å². The van der Waals surface area contributed by atoms with Crippen LogP contribution in [0.5, 0.6) is 23.0 Å². The van der Waals surface area contributed by atoms with E-state index in [1.807, 2.05) is 36.4 Å². The van der Waals surface area contributed by atoms with Crippen molar-refractivity contribution in [3.63, 3.8) is 0 Å². The smallest absolute Gasteiger partial charge is 0.161 e. The van der Waals surface area contributed by atoms with E-state index in [1.54, 1.807) is 28.4 Å². The Labute approximate surface area is 161 Å². The Morgan fingerprint density at radius 2 is 1.46 bits per heavy atom. The molecule has 2 aromatic carbocycles. The molecule has 5 nitrogen and oxygen atoms in total. The standard InChI is InChI=1S/C20H21BrO5/c1-22-17-7-12(15(21)10-20(17)25-4)5-6-16-14-9-19(24-3)18(23-2)8-13(14)11-26-16/h5-10,16H,11H2,1-4H3/b6-5+. The predicted molar refractivity (Wildman–Crippen MR) is 103 cm³/mol. The summed E-state index contributed by atoms with van der Waals surface area (Å²) in [6, 6.07) is 7.74. The van der Waals surface area contributed by atoms with Gasteiger partial charge in [-0.25, -0.2) is 0 Å². The van der Waals surface area contributed by atoms with E-state index < -0.39 is 0 Å². The summed E-state index contributed by atoms with van der Waals surface area (Å²) in [7, 11) is 6.50. The van der Waals surface area contributed by atoms with Gasteiger partial charge in [0.05, 0.1) is 35.0 Å². The molecule has 0 saturated carbocycles. The molecular weight excluding hydrogens is 400 g/mol. The number of rotatable bonds is 6. The second-order valence-corrected chi connectivity index (χ2v) is 6.58. The summed E-state index contributed by atoms with van der Waals surface area (Å²) in [4.78, 5) is 0. The van der Waals surface area contributed by atoms with Gasteiger partial charge in [-0.15, -0.1) is 0 Å². The van der Waals surface area contributed by atoms with Crippen molar-refractivity contribution in [1.29, 1.82) is 0 Å². The second-order valence-electron chi connectivity index (χ2n) is 5.73. The molecule has 1 atom stereocenters. The van der Waals surface area contributed by atoms with Crippen LogP contribution in [0.15, 0.2) is 34.8 Å². The minimum Gasteiger partial charge on any atom is -0.493 e. The fourth-order valence-corrected chi connectivity index (χ4v) is 3.40. The second kappa shape index (κ2) is 8.01. The zero-order chi connectivity index (χ0) is 18.7. The predicted octanol–water partition coefficient (Wildman–Crippen LogP) is 4.77. The molecule has 1 heterocycles. The largest absolute Gasteiger partial charge is 0.493 e. The Morgan fingerprint density at radius 3 is 2.12 bits per heavy atom. The Kier molecular flexibility index (Phi) is 5.74. The highest BCUT2D eigenvalue weighted by Gasteiger charge is 2.24. The topological polar surface area (TPSA) is 46.2 Å². The first-order valence-electron chi connectivity index (χ1n) is 8.07. The zero-order valence-corrected chi connectivity index (χ0v) is 16.8. The maximum atomic E-state index is 5.92. The molecule has 0 amide bonds. The number of benzene rings is 2. The molecule has 0 bridgehead atoms. The molecule has 3 rings (SSSR count). The summed E-state index contributed by atoms with van der Waals surface area (Å²) < 4.78 is 28.3. The van der Waals surface area contributed by atoms with E-state index in [0.29, 0.717) is 29.6 Å². The number of hydrogen-bond acceptors (Lipinski definition) is 5. The maximum Gasteiger partial charge on any atom is 0.161 e. The minimum atomic E-state index is -0.148. The third-order valence-electron chi connectivity index (χ3n) is 4.32. The summed E-state index contributed by atoms with van der Waals surface area (Å²) in [5.74, 6) is 2.76. The first kappa shape index (κ1) is 18.6. The number of ether oxygens (including phenoxy) is 5. The molecule has 138 valence electrons. The van der Waals surface area contributed by atoms with Crippen LogP contribution in [0.25, 0.3) is 6.08 Å². The van der Waals surface area contributed by atoms with Gasteiger partial charge < -0.3 is 23.7 Å². The van der Waals surface area contributed by atoms with E-state index in [2.05, 4.69) is 15.9 Å². The third-order valence-corrected chi connectivity index (χ3v) is 5.01. The van der Waals surface area contributed by atoms with Crippen molar-refractivity contribution < 1.29 is 23.7 Å². The fraction of sp³-hybridized carbons (Fsp3) is 0.300. The summed E-state index contributed by atoms with van der Waals surface area (Å²) in [5.41, 5.74) is 3.15. The lowest BCUT2D eigenvalue weighted by molar-refractivity contribution is 0.0996. The first-order valence-corrected chi connectivity index (χ1v) is 8.86. The van der Waals surface area contributed by atoms with Gasteiger partial charge in [0, 0.05) is 4.47 Å². The van der Waals surface area contributed by atoms with Gasteiger partial charge in [0.2, 0.25) is 0 Å². The van der Waals surface area contributed by atoms with Crippen LogP contribution >= 0.6 is 15.9 Å². The molecule has 0 spiro atoms. The molecule has 0 N–H and O–H groups in total. The average molecular weight is 421 g/mol. The van der Waals surface area contributed by atoms with E-state index in [4.69, 9.17) is 23.7 Å². The SMILES string of the molecule is COc1cc(Br)c(/C=C/C2OCc3cc(OC)c(OC)cc32)cc1OC. The Balaban J connectivity index is 1.90. The molecule has 26 heavy (non-hydrogen) atoms. The Morgan fingerprint density at radius 1 is 0.885 bits per heavy atom. The van der Waals surface area contributed by atoms with Gasteiger partial charge >= 0.3 is 0 Å². The van der Waals surface area contributed by atoms with Gasteiger partial charge in [-0.1, -0.05) is 28.1 Å². The molecule has 6 heteroatoms. The molecule has 0 saturated heterocycles. The summed E-state index contributed by atoms with van der Waals surface area (Å²) >= 11 is 3.57. The Bertz CT molecular complexity index is 831. The third kappa shape index (κ3) is 3.52. The van der Waals surface area contributed by atoms with Crippen molar-refractivity contribution in [3.8, 4) is 23.0 Å². The van der Waals surface area contributed by atoms with Crippen molar-refractivity contribution >= 4 is 22.0 Å². The van der Waals surface area contributed by atoms with Crippen molar-refractivity contribution in [3.05, 3.63) is 51.5 Å². The average Bonchev–Trinajstić information content (AvgIpc) is 3.07. The van der Waals surface area contributed by atoms with Crippen LogP contribution in [0.4, 0.5) is 0 Å². The van der Waals surface area contributed by atoms with Crippen LogP contribution in [-0.2, 0) is 11.3 Å². The molecule has 1 aliphatic heterocycles. The van der Waals surface area contributed by atoms with E-state index in [1.165, 1.54) is 0 Å². The van der Waals surface area contributed by atoms with Crippen LogP contribution in [0.2, 0.25) is 0 Å². The maximum absolute atomic E-state index is 5.92. The molecular formula is C20H21BrO5. The lowest BCUT2D eigenvalue weighted by atomic mass is 10.0. The highest BCUT2D eigenvalue weighted by atomic mass is 79.9. The number of halogens is 1. The fourth-order valence-electron chi connectivity index (χ4n) is 2.94. The molecule has 0 fully saturated rings. The zero-order valence-electron chi connectivity index (χ0n) is 15.2. The number of methoxy groups -OCH3 is 4. The number of hydrogen-bond donors (Lipinski definition) is 0. The number of fused-ring (bicyclic) bond motifs is 1. The van der Waals surface area contributed by atoms with Gasteiger partial charge in [0.1, 0.15) is 6.10 Å². The summed E-state index contributed by atoms with van der Waals surface area (Å²) in [6.45, 7) is 0.539. The lowest BCUT2D eigenvalue weighted by Crippen LogP contribution is -1.96. The lowest BCUT2D eigenvalue weighted by Gasteiger charge is -2.12. The first-order chi connectivity index (χ1) is 12.6. The summed E-state index contributed by atoms with van der Waals surface area (Å²) in [5, 5.41) is 0. The van der Waals surface area contributed by atoms with Crippen molar-refractivity contribution in [2.45, 2.75) is 12.7 Å². The van der Waals surface area contributed by atoms with Crippen LogP contribution in [0.1, 0.15) is 22.8 Å². The Hall–Kier alpha value is -2.18. The van der Waals surface area contributed by atoms with Crippen molar-refractivity contribution in [2.24, 2.45) is 0 Å². The van der Waals surface area contributed by atoms with Crippen molar-refractivity contribution in [1.82, 2.24) is 0 Å². The van der Waals surface area contributed by atoms with E-state index in [0.717, 1.165) is 21.2 Å². The van der Waals surface area contributed by atoms with E-state index in [9.17, 15) is 0 Å². The molecule has 2 aromatic rings. The van der Waals surface area contributed by atoms with Crippen molar-refractivity contribution in [2.75, 3.05) is 28.4 Å². The van der Waals surface area contributed by atoms with E-state index in [-0.39, 0.29) is 6.10 Å². The molecule has 1 aliphatic rings. The normalized spacial score (nSPS) is 15.8. The van der Waals surface area contributed by atoms with Gasteiger partial charge in [-0.3, -0.25) is 0 Å².